The third-order valence-electron chi connectivity index (χ3n) is 2.29. The van der Waals surface area contributed by atoms with Crippen LogP contribution < -0.4 is 10.0 Å². The van der Waals surface area contributed by atoms with Crippen molar-refractivity contribution in [2.24, 2.45) is 0 Å². The fourth-order valence-electron chi connectivity index (χ4n) is 1.52. The topological polar surface area (TPSA) is 84.5 Å². The molecule has 1 heterocycles. The van der Waals surface area contributed by atoms with Crippen molar-refractivity contribution in [3.05, 3.63) is 0 Å². The van der Waals surface area contributed by atoms with Crippen molar-refractivity contribution in [1.29, 1.82) is 0 Å². The third-order valence-corrected chi connectivity index (χ3v) is 3.72. The van der Waals surface area contributed by atoms with E-state index in [9.17, 15) is 13.2 Å². The number of carbonyl (C=O) groups excluding carboxylic acids is 1. The largest absolute Gasteiger partial charge is 0.466 e. The van der Waals surface area contributed by atoms with Gasteiger partial charge in [0.1, 0.15) is 0 Å². The van der Waals surface area contributed by atoms with Gasteiger partial charge in [-0.15, -0.1) is 0 Å². The second kappa shape index (κ2) is 6.17. The Morgan fingerprint density at radius 1 is 1.56 bits per heavy atom. The number of rotatable bonds is 6. The SMILES string of the molecule is CCOC(=O)CCS(=O)(=O)N[C@@H]1CCNC1. The molecule has 1 aliphatic rings. The molecule has 7 heteroatoms. The van der Waals surface area contributed by atoms with Crippen LogP contribution in [0, 0.1) is 0 Å². The molecular formula is C9H18N2O4S. The van der Waals surface area contributed by atoms with Crippen LogP contribution in [0.4, 0.5) is 0 Å². The van der Waals surface area contributed by atoms with E-state index in [0.717, 1.165) is 13.0 Å². The molecule has 0 spiro atoms. The Labute approximate surface area is 95.8 Å². The number of hydrogen-bond acceptors (Lipinski definition) is 5. The number of esters is 1. The summed E-state index contributed by atoms with van der Waals surface area (Å²) < 4.78 is 30.3. The summed E-state index contributed by atoms with van der Waals surface area (Å²) in [7, 11) is -3.37. The second-order valence-corrected chi connectivity index (χ2v) is 5.55. The first-order chi connectivity index (χ1) is 7.53. The average Bonchev–Trinajstić information content (AvgIpc) is 2.67. The van der Waals surface area contributed by atoms with Crippen molar-refractivity contribution in [3.63, 3.8) is 0 Å². The van der Waals surface area contributed by atoms with Crippen molar-refractivity contribution in [1.82, 2.24) is 10.0 Å². The zero-order valence-corrected chi connectivity index (χ0v) is 10.2. The molecule has 0 aliphatic carbocycles. The van der Waals surface area contributed by atoms with Crippen LogP contribution in [0.5, 0.6) is 0 Å². The maximum atomic E-state index is 11.5. The summed E-state index contributed by atoms with van der Waals surface area (Å²) in [6.07, 6.45) is 0.696. The fourth-order valence-corrected chi connectivity index (χ4v) is 2.78. The molecule has 94 valence electrons. The summed E-state index contributed by atoms with van der Waals surface area (Å²) in [6, 6.07) is -0.0489. The van der Waals surface area contributed by atoms with E-state index in [2.05, 4.69) is 14.8 Å². The summed E-state index contributed by atoms with van der Waals surface area (Å²) in [6.45, 7) is 3.44. The van der Waals surface area contributed by atoms with Gasteiger partial charge in [0.25, 0.3) is 0 Å². The monoisotopic (exact) mass is 250 g/mol. The first-order valence-electron chi connectivity index (χ1n) is 5.40. The normalized spacial score (nSPS) is 20.9. The molecule has 0 saturated carbocycles. The van der Waals surface area contributed by atoms with Gasteiger partial charge in [-0.25, -0.2) is 13.1 Å². The summed E-state index contributed by atoms with van der Waals surface area (Å²) in [5, 5.41) is 3.06. The van der Waals surface area contributed by atoms with Gasteiger partial charge >= 0.3 is 5.97 Å². The smallest absolute Gasteiger partial charge is 0.306 e. The molecule has 0 aromatic rings. The Morgan fingerprint density at radius 3 is 2.88 bits per heavy atom. The molecule has 0 bridgehead atoms. The molecule has 0 aromatic carbocycles. The number of ether oxygens (including phenoxy) is 1. The Kier molecular flexibility index (Phi) is 5.17. The molecule has 1 atom stereocenters. The minimum absolute atomic E-state index is 0.0489. The molecule has 1 rings (SSSR count). The summed E-state index contributed by atoms with van der Waals surface area (Å²) in [5.41, 5.74) is 0. The van der Waals surface area contributed by atoms with E-state index in [1.165, 1.54) is 0 Å². The summed E-state index contributed by atoms with van der Waals surface area (Å²) in [5.74, 6) is -0.681. The van der Waals surface area contributed by atoms with Gasteiger partial charge in [0.05, 0.1) is 18.8 Å². The van der Waals surface area contributed by atoms with Crippen molar-refractivity contribution in [2.75, 3.05) is 25.4 Å². The lowest BCUT2D eigenvalue weighted by Crippen LogP contribution is -2.38. The van der Waals surface area contributed by atoms with Crippen molar-refractivity contribution in [3.8, 4) is 0 Å². The van der Waals surface area contributed by atoms with Crippen molar-refractivity contribution < 1.29 is 17.9 Å². The minimum Gasteiger partial charge on any atom is -0.466 e. The van der Waals surface area contributed by atoms with Gasteiger partial charge in [-0.1, -0.05) is 0 Å². The molecule has 0 aromatic heterocycles. The Bertz CT molecular complexity index is 322. The quantitative estimate of drug-likeness (QED) is 0.604. The molecule has 1 fully saturated rings. The maximum Gasteiger partial charge on any atom is 0.306 e. The first kappa shape index (κ1) is 13.4. The zero-order chi connectivity index (χ0) is 12.0. The minimum atomic E-state index is -3.37. The maximum absolute atomic E-state index is 11.5. The number of sulfonamides is 1. The van der Waals surface area contributed by atoms with E-state index >= 15 is 0 Å². The molecule has 0 amide bonds. The van der Waals surface area contributed by atoms with Gasteiger partial charge in [-0.2, -0.15) is 0 Å². The fraction of sp³-hybridized carbons (Fsp3) is 0.889. The standard InChI is InChI=1S/C9H18N2O4S/c1-2-15-9(12)4-6-16(13,14)11-8-3-5-10-7-8/h8,10-11H,2-7H2,1H3/t8-/m1/s1. The lowest BCUT2D eigenvalue weighted by molar-refractivity contribution is -0.142. The van der Waals surface area contributed by atoms with Crippen molar-refractivity contribution >= 4 is 16.0 Å². The zero-order valence-electron chi connectivity index (χ0n) is 9.36. The van der Waals surface area contributed by atoms with Crippen LogP contribution in [0.3, 0.4) is 0 Å². The van der Waals surface area contributed by atoms with E-state index in [1.54, 1.807) is 6.92 Å². The van der Waals surface area contributed by atoms with Gasteiger partial charge in [0, 0.05) is 12.6 Å². The van der Waals surface area contributed by atoms with Crippen LogP contribution in [0.1, 0.15) is 19.8 Å². The molecule has 0 radical (unpaired) electrons. The molecule has 6 nitrogen and oxygen atoms in total. The van der Waals surface area contributed by atoms with E-state index in [1.807, 2.05) is 0 Å². The van der Waals surface area contributed by atoms with E-state index < -0.39 is 16.0 Å². The van der Waals surface area contributed by atoms with E-state index in [0.29, 0.717) is 6.54 Å². The molecule has 2 N–H and O–H groups in total. The Morgan fingerprint density at radius 2 is 2.31 bits per heavy atom. The highest BCUT2D eigenvalue weighted by molar-refractivity contribution is 7.89. The van der Waals surface area contributed by atoms with Gasteiger partial charge in [-0.3, -0.25) is 4.79 Å². The van der Waals surface area contributed by atoms with E-state index in [-0.39, 0.29) is 24.8 Å². The summed E-state index contributed by atoms with van der Waals surface area (Å²) in [4.78, 5) is 11.0. The predicted octanol–water partition coefficient (Wildman–Crippen LogP) is -0.779. The van der Waals surface area contributed by atoms with E-state index in [4.69, 9.17) is 0 Å². The van der Waals surface area contributed by atoms with Crippen LogP contribution >= 0.6 is 0 Å². The van der Waals surface area contributed by atoms with Gasteiger partial charge in [-0.05, 0) is 19.9 Å². The summed E-state index contributed by atoms with van der Waals surface area (Å²) >= 11 is 0. The van der Waals surface area contributed by atoms with Gasteiger partial charge < -0.3 is 10.1 Å². The predicted molar refractivity (Wildman–Crippen MR) is 59.4 cm³/mol. The Hall–Kier alpha value is -0.660. The number of carbonyl (C=O) groups is 1. The Balaban J connectivity index is 2.30. The highest BCUT2D eigenvalue weighted by Crippen LogP contribution is 2.01. The lowest BCUT2D eigenvalue weighted by atomic mass is 10.3. The lowest BCUT2D eigenvalue weighted by Gasteiger charge is -2.11. The highest BCUT2D eigenvalue weighted by atomic mass is 32.2. The highest BCUT2D eigenvalue weighted by Gasteiger charge is 2.21. The van der Waals surface area contributed by atoms with Crippen LogP contribution in [0.25, 0.3) is 0 Å². The van der Waals surface area contributed by atoms with Crippen LogP contribution in [-0.4, -0.2) is 45.9 Å². The number of nitrogens with one attached hydrogen (secondary N) is 2. The van der Waals surface area contributed by atoms with Crippen LogP contribution in [-0.2, 0) is 19.6 Å². The van der Waals surface area contributed by atoms with Crippen LogP contribution in [0.15, 0.2) is 0 Å². The molecule has 1 saturated heterocycles. The van der Waals surface area contributed by atoms with Crippen LogP contribution in [0.2, 0.25) is 0 Å². The third kappa shape index (κ3) is 4.91. The molecular weight excluding hydrogens is 232 g/mol. The number of hydrogen-bond donors (Lipinski definition) is 2. The van der Waals surface area contributed by atoms with Crippen molar-refractivity contribution in [2.45, 2.75) is 25.8 Å². The average molecular weight is 250 g/mol. The van der Waals surface area contributed by atoms with Gasteiger partial charge in [0.15, 0.2) is 0 Å². The van der Waals surface area contributed by atoms with Gasteiger partial charge in [0.2, 0.25) is 10.0 Å². The molecule has 16 heavy (non-hydrogen) atoms. The first-order valence-corrected chi connectivity index (χ1v) is 7.05. The molecule has 0 unspecified atom stereocenters. The second-order valence-electron chi connectivity index (χ2n) is 3.68. The molecule has 1 aliphatic heterocycles.